The van der Waals surface area contributed by atoms with Crippen LogP contribution in [0.2, 0.25) is 10.0 Å². The highest BCUT2D eigenvalue weighted by molar-refractivity contribution is 7.89. The minimum Gasteiger partial charge on any atom is -0.598 e. The number of benzene rings is 1. The van der Waals surface area contributed by atoms with Crippen molar-refractivity contribution in [1.29, 1.82) is 0 Å². The van der Waals surface area contributed by atoms with Crippen molar-refractivity contribution in [3.05, 3.63) is 33.8 Å². The molecule has 1 fully saturated rings. The van der Waals surface area contributed by atoms with Gasteiger partial charge in [0.1, 0.15) is 17.1 Å². The van der Waals surface area contributed by atoms with Gasteiger partial charge in [0.2, 0.25) is 0 Å². The number of nitrogens with zero attached hydrogens (tertiary/aromatic N) is 2. The minimum absolute atomic E-state index is 0.104. The molecule has 0 bridgehead atoms. The Balaban J connectivity index is 1.73. The van der Waals surface area contributed by atoms with Crippen LogP contribution in [0.3, 0.4) is 0 Å². The number of carbonyl (C=O) groups is 1. The summed E-state index contributed by atoms with van der Waals surface area (Å²) in [4.78, 5) is 17.3. The van der Waals surface area contributed by atoms with Crippen LogP contribution in [-0.4, -0.2) is 45.0 Å². The fourth-order valence-electron chi connectivity index (χ4n) is 3.12. The molecule has 1 amide bonds. The number of hydrogen-bond acceptors (Lipinski definition) is 4. The predicted octanol–water partition coefficient (Wildman–Crippen LogP) is 3.17. The molecule has 8 heteroatoms. The SMILES string of the molecule is CCCC[S+]([O-])N1CCC2(CC1)N=C(c1ccc(Cl)cc1Cl)NC2=O. The van der Waals surface area contributed by atoms with Crippen molar-refractivity contribution in [3.63, 3.8) is 0 Å². The predicted molar refractivity (Wildman–Crippen MR) is 103 cm³/mol. The number of carbonyl (C=O) groups excluding carboxylic acids is 1. The van der Waals surface area contributed by atoms with Crippen LogP contribution < -0.4 is 5.32 Å². The number of unbranched alkanes of at least 4 members (excludes halogenated alkanes) is 1. The molecule has 25 heavy (non-hydrogen) atoms. The summed E-state index contributed by atoms with van der Waals surface area (Å²) in [7, 11) is 0. The molecule has 1 aromatic rings. The number of nitrogens with one attached hydrogen (secondary N) is 1. The Hall–Kier alpha value is -0.790. The van der Waals surface area contributed by atoms with Crippen LogP contribution in [0.1, 0.15) is 38.2 Å². The van der Waals surface area contributed by atoms with Crippen molar-refractivity contribution in [3.8, 4) is 0 Å². The summed E-state index contributed by atoms with van der Waals surface area (Å²) in [6.07, 6.45) is 3.10. The van der Waals surface area contributed by atoms with Crippen LogP contribution in [-0.2, 0) is 16.2 Å². The first kappa shape index (κ1) is 19.0. The lowest BCUT2D eigenvalue weighted by molar-refractivity contribution is -0.124. The lowest BCUT2D eigenvalue weighted by Crippen LogP contribution is -2.50. The van der Waals surface area contributed by atoms with E-state index >= 15 is 0 Å². The Morgan fingerprint density at radius 2 is 2.08 bits per heavy atom. The van der Waals surface area contributed by atoms with Gasteiger partial charge in [0.25, 0.3) is 5.91 Å². The minimum atomic E-state index is -0.968. The maximum atomic E-state index is 12.6. The summed E-state index contributed by atoms with van der Waals surface area (Å²) >= 11 is 11.2. The van der Waals surface area contributed by atoms with Crippen LogP contribution in [0.25, 0.3) is 0 Å². The van der Waals surface area contributed by atoms with Gasteiger partial charge in [-0.3, -0.25) is 9.79 Å². The molecule has 1 atom stereocenters. The molecule has 1 spiro atoms. The van der Waals surface area contributed by atoms with Crippen molar-refractivity contribution in [1.82, 2.24) is 9.62 Å². The first-order valence-corrected chi connectivity index (χ1v) is 10.5. The zero-order valence-electron chi connectivity index (χ0n) is 14.1. The summed E-state index contributed by atoms with van der Waals surface area (Å²) in [6, 6.07) is 5.12. The van der Waals surface area contributed by atoms with Crippen LogP contribution in [0.4, 0.5) is 0 Å². The van der Waals surface area contributed by atoms with Gasteiger partial charge in [-0.2, -0.15) is 0 Å². The highest BCUT2D eigenvalue weighted by atomic mass is 35.5. The largest absolute Gasteiger partial charge is 0.598 e. The lowest BCUT2D eigenvalue weighted by Gasteiger charge is -2.35. The van der Waals surface area contributed by atoms with Gasteiger partial charge >= 0.3 is 0 Å². The molecule has 1 saturated heterocycles. The molecule has 1 aromatic carbocycles. The average Bonchev–Trinajstić information content (AvgIpc) is 2.89. The molecular formula is C17H21Cl2N3O2S. The number of hydrogen-bond donors (Lipinski definition) is 1. The standard InChI is InChI=1S/C17H21Cl2N3O2S/c1-2-3-10-25(24)22-8-6-17(7-9-22)16(23)20-15(21-17)13-5-4-12(18)11-14(13)19/h4-5,11H,2-3,6-10H2,1H3,(H,20,21,23). The highest BCUT2D eigenvalue weighted by Crippen LogP contribution is 2.33. The van der Waals surface area contributed by atoms with Crippen molar-refractivity contribution in [2.24, 2.45) is 4.99 Å². The Kier molecular flexibility index (Phi) is 5.96. The molecule has 5 nitrogen and oxygen atoms in total. The van der Waals surface area contributed by atoms with Crippen molar-refractivity contribution in [2.45, 2.75) is 38.1 Å². The third kappa shape index (κ3) is 3.98. The van der Waals surface area contributed by atoms with E-state index in [-0.39, 0.29) is 5.91 Å². The molecule has 2 aliphatic heterocycles. The van der Waals surface area contributed by atoms with Gasteiger partial charge in [-0.15, -0.1) is 4.31 Å². The van der Waals surface area contributed by atoms with E-state index in [1.165, 1.54) is 0 Å². The van der Waals surface area contributed by atoms with Crippen molar-refractivity contribution >= 4 is 46.3 Å². The second-order valence-corrected chi connectivity index (χ2v) is 8.79. The quantitative estimate of drug-likeness (QED) is 0.770. The third-order valence-electron chi connectivity index (χ3n) is 4.68. The van der Waals surface area contributed by atoms with Crippen molar-refractivity contribution < 1.29 is 9.35 Å². The molecule has 3 rings (SSSR count). The van der Waals surface area contributed by atoms with Crippen LogP contribution >= 0.6 is 23.2 Å². The number of piperidine rings is 1. The van der Waals surface area contributed by atoms with E-state index in [2.05, 4.69) is 17.2 Å². The van der Waals surface area contributed by atoms with E-state index in [1.54, 1.807) is 18.2 Å². The van der Waals surface area contributed by atoms with E-state index in [0.717, 1.165) is 12.8 Å². The summed E-state index contributed by atoms with van der Waals surface area (Å²) in [5, 5.41) is 3.86. The van der Waals surface area contributed by atoms with Gasteiger partial charge < -0.3 is 9.87 Å². The van der Waals surface area contributed by atoms with E-state index in [9.17, 15) is 9.35 Å². The molecular weight excluding hydrogens is 381 g/mol. The van der Waals surface area contributed by atoms with Crippen LogP contribution in [0.5, 0.6) is 0 Å². The first-order valence-electron chi connectivity index (χ1n) is 8.45. The van der Waals surface area contributed by atoms with Gasteiger partial charge in [0.15, 0.2) is 0 Å². The maximum absolute atomic E-state index is 12.6. The maximum Gasteiger partial charge on any atom is 0.253 e. The zero-order chi connectivity index (χ0) is 18.0. The number of amidine groups is 1. The Bertz CT molecular complexity index is 690. The first-order chi connectivity index (χ1) is 11.9. The third-order valence-corrected chi connectivity index (χ3v) is 6.80. The summed E-state index contributed by atoms with van der Waals surface area (Å²) in [5.74, 6) is 1.07. The molecule has 0 aliphatic carbocycles. The molecule has 0 saturated carbocycles. The molecule has 2 heterocycles. The van der Waals surface area contributed by atoms with E-state index in [1.807, 2.05) is 4.31 Å². The van der Waals surface area contributed by atoms with E-state index in [0.29, 0.717) is 53.1 Å². The molecule has 2 aliphatic rings. The second-order valence-electron chi connectivity index (χ2n) is 6.38. The molecule has 0 radical (unpaired) electrons. The number of halogens is 2. The van der Waals surface area contributed by atoms with Gasteiger partial charge in [-0.05, 0) is 37.5 Å². The summed E-state index contributed by atoms with van der Waals surface area (Å²) in [5.41, 5.74) is -0.103. The fourth-order valence-corrected chi connectivity index (χ4v) is 5.00. The van der Waals surface area contributed by atoms with Crippen LogP contribution in [0, 0.1) is 0 Å². The van der Waals surface area contributed by atoms with Gasteiger partial charge in [-0.1, -0.05) is 36.5 Å². The topological polar surface area (TPSA) is 67.8 Å². The summed E-state index contributed by atoms with van der Waals surface area (Å²) in [6.45, 7) is 3.30. The Morgan fingerprint density at radius 1 is 1.36 bits per heavy atom. The van der Waals surface area contributed by atoms with Crippen molar-refractivity contribution in [2.75, 3.05) is 18.8 Å². The van der Waals surface area contributed by atoms with E-state index < -0.39 is 16.9 Å². The Labute approximate surface area is 161 Å². The number of amides is 1. The Morgan fingerprint density at radius 3 is 2.72 bits per heavy atom. The molecule has 1 N–H and O–H groups in total. The van der Waals surface area contributed by atoms with Crippen LogP contribution in [0.15, 0.2) is 23.2 Å². The van der Waals surface area contributed by atoms with Gasteiger partial charge in [0, 0.05) is 35.0 Å². The molecule has 136 valence electrons. The summed E-state index contributed by atoms with van der Waals surface area (Å²) < 4.78 is 14.2. The number of rotatable bonds is 5. The normalized spacial score (nSPS) is 21.3. The van der Waals surface area contributed by atoms with E-state index in [4.69, 9.17) is 23.2 Å². The lowest BCUT2D eigenvalue weighted by atomic mass is 9.89. The number of aliphatic imine (C=N–C) groups is 1. The molecule has 1 unspecified atom stereocenters. The van der Waals surface area contributed by atoms with Gasteiger partial charge in [-0.25, -0.2) is 0 Å². The van der Waals surface area contributed by atoms with Gasteiger partial charge in [0.05, 0.1) is 5.02 Å². The second kappa shape index (κ2) is 7.84. The zero-order valence-corrected chi connectivity index (χ0v) is 16.4. The fraction of sp³-hybridized carbons (Fsp3) is 0.529. The highest BCUT2D eigenvalue weighted by Gasteiger charge is 2.47. The average molecular weight is 402 g/mol. The molecule has 0 aromatic heterocycles. The monoisotopic (exact) mass is 401 g/mol. The smallest absolute Gasteiger partial charge is 0.253 e.